The van der Waals surface area contributed by atoms with Gasteiger partial charge in [-0.15, -0.1) is 11.8 Å². The van der Waals surface area contributed by atoms with Gasteiger partial charge in [-0.25, -0.2) is 0 Å². The third kappa shape index (κ3) is 3.17. The Bertz CT molecular complexity index is 466. The van der Waals surface area contributed by atoms with Gasteiger partial charge in [-0.3, -0.25) is 0 Å². The lowest BCUT2D eigenvalue weighted by Crippen LogP contribution is -2.03. The average Bonchev–Trinajstić information content (AvgIpc) is 2.30. The number of rotatable bonds is 3. The van der Waals surface area contributed by atoms with Crippen molar-refractivity contribution in [3.63, 3.8) is 0 Å². The van der Waals surface area contributed by atoms with Crippen molar-refractivity contribution in [2.75, 3.05) is 7.11 Å². The van der Waals surface area contributed by atoms with Gasteiger partial charge in [0.1, 0.15) is 5.75 Å². The number of ether oxygens (including phenoxy) is 1. The topological polar surface area (TPSA) is 9.23 Å². The molecule has 1 nitrogen and oxygen atoms in total. The Morgan fingerprint density at radius 1 is 1.41 bits per heavy atom. The standard InChI is InChI=1S/C15H19ClO/c1-6-7-10(2)8-13-12(4)15(16)11(3)9-14(13)17-5/h9-10H,8H2,1-5H3. The van der Waals surface area contributed by atoms with Crippen molar-refractivity contribution in [2.24, 2.45) is 5.92 Å². The molecule has 92 valence electrons. The third-order valence-electron chi connectivity index (χ3n) is 2.89. The summed E-state index contributed by atoms with van der Waals surface area (Å²) in [6.07, 6.45) is 0.871. The minimum atomic E-state index is 0.311. The van der Waals surface area contributed by atoms with Crippen LogP contribution < -0.4 is 4.74 Å². The molecule has 1 unspecified atom stereocenters. The molecule has 1 aromatic rings. The minimum absolute atomic E-state index is 0.311. The van der Waals surface area contributed by atoms with Gasteiger partial charge < -0.3 is 4.74 Å². The van der Waals surface area contributed by atoms with Crippen LogP contribution in [0.25, 0.3) is 0 Å². The molecule has 0 bridgehead atoms. The molecule has 0 aliphatic rings. The zero-order chi connectivity index (χ0) is 13.0. The molecule has 0 heterocycles. The van der Waals surface area contributed by atoms with Crippen LogP contribution in [0.4, 0.5) is 0 Å². The van der Waals surface area contributed by atoms with Crippen molar-refractivity contribution in [3.8, 4) is 17.6 Å². The lowest BCUT2D eigenvalue weighted by Gasteiger charge is -2.16. The van der Waals surface area contributed by atoms with E-state index in [4.69, 9.17) is 16.3 Å². The molecule has 1 rings (SSSR count). The highest BCUT2D eigenvalue weighted by atomic mass is 35.5. The summed E-state index contributed by atoms with van der Waals surface area (Å²) in [5.74, 6) is 7.33. The fraction of sp³-hybridized carbons (Fsp3) is 0.467. The molecule has 0 fully saturated rings. The second kappa shape index (κ2) is 5.98. The summed E-state index contributed by atoms with van der Waals surface area (Å²) < 4.78 is 5.43. The number of hydrogen-bond donors (Lipinski definition) is 0. The number of methoxy groups -OCH3 is 1. The van der Waals surface area contributed by atoms with E-state index in [2.05, 4.69) is 18.8 Å². The van der Waals surface area contributed by atoms with E-state index in [-0.39, 0.29) is 0 Å². The van der Waals surface area contributed by atoms with Crippen LogP contribution in [0.3, 0.4) is 0 Å². The van der Waals surface area contributed by atoms with Crippen LogP contribution in [0.1, 0.15) is 30.5 Å². The molecular weight excluding hydrogens is 232 g/mol. The van der Waals surface area contributed by atoms with Crippen LogP contribution in [0.5, 0.6) is 5.75 Å². The maximum absolute atomic E-state index is 6.28. The van der Waals surface area contributed by atoms with Crippen LogP contribution in [-0.2, 0) is 6.42 Å². The molecule has 17 heavy (non-hydrogen) atoms. The predicted octanol–water partition coefficient (Wildman–Crippen LogP) is 4.17. The van der Waals surface area contributed by atoms with E-state index in [1.807, 2.05) is 26.8 Å². The molecular formula is C15H19ClO. The van der Waals surface area contributed by atoms with Crippen molar-refractivity contribution in [1.29, 1.82) is 0 Å². The smallest absolute Gasteiger partial charge is 0.122 e. The second-order valence-corrected chi connectivity index (χ2v) is 4.69. The molecule has 0 spiro atoms. The summed E-state index contributed by atoms with van der Waals surface area (Å²) >= 11 is 6.28. The Hall–Kier alpha value is -1.13. The van der Waals surface area contributed by atoms with Gasteiger partial charge in [0.05, 0.1) is 7.11 Å². The van der Waals surface area contributed by atoms with E-state index < -0.39 is 0 Å². The first-order valence-electron chi connectivity index (χ1n) is 5.76. The normalized spacial score (nSPS) is 11.6. The summed E-state index contributed by atoms with van der Waals surface area (Å²) in [5.41, 5.74) is 3.32. The highest BCUT2D eigenvalue weighted by molar-refractivity contribution is 6.32. The van der Waals surface area contributed by atoms with Gasteiger partial charge in [0.2, 0.25) is 0 Å². The summed E-state index contributed by atoms with van der Waals surface area (Å²) in [6.45, 7) is 8.02. The van der Waals surface area contributed by atoms with Crippen molar-refractivity contribution in [1.82, 2.24) is 0 Å². The van der Waals surface area contributed by atoms with Crippen LogP contribution in [-0.4, -0.2) is 7.11 Å². The lowest BCUT2D eigenvalue weighted by molar-refractivity contribution is 0.407. The van der Waals surface area contributed by atoms with Crippen LogP contribution in [0.15, 0.2) is 6.07 Å². The molecule has 0 radical (unpaired) electrons. The Morgan fingerprint density at radius 3 is 2.59 bits per heavy atom. The van der Waals surface area contributed by atoms with Gasteiger partial charge in [0.25, 0.3) is 0 Å². The number of aryl methyl sites for hydroxylation is 1. The third-order valence-corrected chi connectivity index (χ3v) is 3.48. The molecule has 0 aliphatic carbocycles. The first-order chi connectivity index (χ1) is 8.01. The zero-order valence-corrected chi connectivity index (χ0v) is 11.9. The highest BCUT2D eigenvalue weighted by Crippen LogP contribution is 2.33. The van der Waals surface area contributed by atoms with Gasteiger partial charge in [-0.2, -0.15) is 0 Å². The monoisotopic (exact) mass is 250 g/mol. The molecule has 0 aromatic heterocycles. The molecule has 1 atom stereocenters. The minimum Gasteiger partial charge on any atom is -0.496 e. The van der Waals surface area contributed by atoms with Gasteiger partial charge in [0.15, 0.2) is 0 Å². The SMILES string of the molecule is CC#CC(C)Cc1c(OC)cc(C)c(Cl)c1C. The second-order valence-electron chi connectivity index (χ2n) is 4.31. The Morgan fingerprint density at radius 2 is 2.06 bits per heavy atom. The fourth-order valence-electron chi connectivity index (χ4n) is 2.00. The first kappa shape index (κ1) is 13.9. The Balaban J connectivity index is 3.20. The van der Waals surface area contributed by atoms with Crippen molar-refractivity contribution < 1.29 is 4.74 Å². The van der Waals surface area contributed by atoms with Gasteiger partial charge in [-0.05, 0) is 49.9 Å². The van der Waals surface area contributed by atoms with Crippen molar-refractivity contribution in [3.05, 3.63) is 27.8 Å². The molecule has 0 aliphatic heterocycles. The van der Waals surface area contributed by atoms with Crippen LogP contribution in [0.2, 0.25) is 5.02 Å². The average molecular weight is 251 g/mol. The molecule has 0 saturated heterocycles. The van der Waals surface area contributed by atoms with E-state index >= 15 is 0 Å². The number of benzene rings is 1. The molecule has 2 heteroatoms. The number of halogens is 1. The first-order valence-corrected chi connectivity index (χ1v) is 6.13. The maximum Gasteiger partial charge on any atom is 0.122 e. The molecule has 0 amide bonds. The van der Waals surface area contributed by atoms with Crippen LogP contribution >= 0.6 is 11.6 Å². The summed E-state index contributed by atoms with van der Waals surface area (Å²) in [6, 6.07) is 2.00. The van der Waals surface area contributed by atoms with E-state index in [0.717, 1.165) is 28.3 Å². The van der Waals surface area contributed by atoms with Gasteiger partial charge >= 0.3 is 0 Å². The van der Waals surface area contributed by atoms with E-state index in [9.17, 15) is 0 Å². The zero-order valence-electron chi connectivity index (χ0n) is 11.1. The summed E-state index contributed by atoms with van der Waals surface area (Å²) in [4.78, 5) is 0. The van der Waals surface area contributed by atoms with E-state index in [1.54, 1.807) is 7.11 Å². The number of hydrogen-bond acceptors (Lipinski definition) is 1. The van der Waals surface area contributed by atoms with E-state index in [0.29, 0.717) is 5.92 Å². The summed E-state index contributed by atoms with van der Waals surface area (Å²) in [5, 5.41) is 0.831. The molecule has 0 N–H and O–H groups in total. The van der Waals surface area contributed by atoms with Crippen molar-refractivity contribution in [2.45, 2.75) is 34.1 Å². The quantitative estimate of drug-likeness (QED) is 0.732. The summed E-state index contributed by atoms with van der Waals surface area (Å²) in [7, 11) is 1.70. The highest BCUT2D eigenvalue weighted by Gasteiger charge is 2.14. The Kier molecular flexibility index (Phi) is 4.90. The van der Waals surface area contributed by atoms with Gasteiger partial charge in [-0.1, -0.05) is 18.5 Å². The Labute approximate surface area is 109 Å². The van der Waals surface area contributed by atoms with Gasteiger partial charge in [0, 0.05) is 10.9 Å². The van der Waals surface area contributed by atoms with Crippen LogP contribution in [0, 0.1) is 31.6 Å². The fourth-order valence-corrected chi connectivity index (χ4v) is 2.17. The largest absolute Gasteiger partial charge is 0.496 e. The van der Waals surface area contributed by atoms with E-state index in [1.165, 1.54) is 5.56 Å². The lowest BCUT2D eigenvalue weighted by atomic mass is 9.95. The van der Waals surface area contributed by atoms with Crippen molar-refractivity contribution >= 4 is 11.6 Å². The maximum atomic E-state index is 6.28. The molecule has 0 saturated carbocycles. The molecule has 1 aromatic carbocycles. The predicted molar refractivity (Wildman–Crippen MR) is 73.8 cm³/mol.